The van der Waals surface area contributed by atoms with Gasteiger partial charge in [0.2, 0.25) is 5.69 Å². The van der Waals surface area contributed by atoms with Crippen molar-refractivity contribution in [1.82, 2.24) is 0 Å². The SMILES string of the molecule is C[N+](=NCl)c1ccc(Br)cc1. The first-order valence-corrected chi connectivity index (χ1v) is 4.18. The molecule has 11 heavy (non-hydrogen) atoms. The Kier molecular flexibility index (Phi) is 3.02. The molecule has 0 N–H and O–H groups in total. The summed E-state index contributed by atoms with van der Waals surface area (Å²) < 4.78 is 6.12. The van der Waals surface area contributed by atoms with Gasteiger partial charge in [-0.05, 0) is 12.1 Å². The zero-order valence-corrected chi connectivity index (χ0v) is 8.30. The van der Waals surface area contributed by atoms with Crippen molar-refractivity contribution >= 4 is 33.4 Å². The van der Waals surface area contributed by atoms with Crippen LogP contribution in [0.5, 0.6) is 0 Å². The predicted octanol–water partition coefficient (Wildman–Crippen LogP) is 3.33. The van der Waals surface area contributed by atoms with Crippen LogP contribution in [0.25, 0.3) is 0 Å². The third-order valence-electron chi connectivity index (χ3n) is 1.31. The van der Waals surface area contributed by atoms with Crippen molar-refractivity contribution in [3.05, 3.63) is 28.7 Å². The molecule has 0 saturated heterocycles. The van der Waals surface area contributed by atoms with Gasteiger partial charge in [0.1, 0.15) is 11.8 Å². The molecule has 1 rings (SSSR count). The summed E-state index contributed by atoms with van der Waals surface area (Å²) in [6, 6.07) is 7.73. The van der Waals surface area contributed by atoms with Gasteiger partial charge in [0.15, 0.2) is 7.05 Å². The third kappa shape index (κ3) is 2.27. The minimum Gasteiger partial charge on any atom is -0.0744 e. The number of rotatable bonds is 1. The highest BCUT2D eigenvalue weighted by atomic mass is 79.9. The monoisotopic (exact) mass is 233 g/mol. The summed E-state index contributed by atoms with van der Waals surface area (Å²) >= 11 is 8.60. The van der Waals surface area contributed by atoms with Gasteiger partial charge in [-0.3, -0.25) is 0 Å². The van der Waals surface area contributed by atoms with Crippen LogP contribution < -0.4 is 0 Å². The van der Waals surface area contributed by atoms with Crippen molar-refractivity contribution < 1.29 is 4.70 Å². The van der Waals surface area contributed by atoms with Crippen molar-refractivity contribution in [3.63, 3.8) is 0 Å². The highest BCUT2D eigenvalue weighted by Gasteiger charge is 2.02. The summed E-state index contributed by atoms with van der Waals surface area (Å²) in [6.07, 6.45) is 0. The molecule has 0 radical (unpaired) electrons. The van der Waals surface area contributed by atoms with Crippen LogP contribution in [0.4, 0.5) is 5.69 Å². The first kappa shape index (κ1) is 8.68. The van der Waals surface area contributed by atoms with Crippen LogP contribution in [-0.2, 0) is 0 Å². The van der Waals surface area contributed by atoms with E-state index in [1.807, 2.05) is 24.3 Å². The number of hydrogen-bond acceptors (Lipinski definition) is 1. The van der Waals surface area contributed by atoms with Gasteiger partial charge < -0.3 is 0 Å². The minimum absolute atomic E-state index is 0.961. The second-order valence-electron chi connectivity index (χ2n) is 2.08. The normalized spacial score (nSPS) is 11.7. The van der Waals surface area contributed by atoms with Crippen LogP contribution in [0.2, 0.25) is 0 Å². The third-order valence-corrected chi connectivity index (χ3v) is 2.07. The lowest BCUT2D eigenvalue weighted by atomic mass is 10.3. The van der Waals surface area contributed by atoms with E-state index in [9.17, 15) is 0 Å². The molecule has 0 unspecified atom stereocenters. The lowest BCUT2D eigenvalue weighted by Gasteiger charge is -1.90. The highest BCUT2D eigenvalue weighted by Crippen LogP contribution is 2.16. The highest BCUT2D eigenvalue weighted by molar-refractivity contribution is 9.10. The van der Waals surface area contributed by atoms with Crippen LogP contribution in [-0.4, -0.2) is 11.7 Å². The molecule has 0 aromatic heterocycles. The van der Waals surface area contributed by atoms with Gasteiger partial charge in [-0.1, -0.05) is 20.6 Å². The standard InChI is InChI=1S/C7H7BrClN2/c1-11(10-9)7-4-2-6(8)3-5-7/h2-5H,1H3/q+1. The Hall–Kier alpha value is -0.410. The topological polar surface area (TPSA) is 15.4 Å². The Morgan fingerprint density at radius 1 is 1.36 bits per heavy atom. The summed E-state index contributed by atoms with van der Waals surface area (Å²) in [7, 11) is 1.79. The smallest absolute Gasteiger partial charge is 0.0744 e. The van der Waals surface area contributed by atoms with Crippen molar-refractivity contribution in [2.45, 2.75) is 0 Å². The Balaban J connectivity index is 2.99. The summed E-state index contributed by atoms with van der Waals surface area (Å²) in [6.45, 7) is 0. The maximum Gasteiger partial charge on any atom is 0.232 e. The summed E-state index contributed by atoms with van der Waals surface area (Å²) in [5.41, 5.74) is 0.961. The lowest BCUT2D eigenvalue weighted by Crippen LogP contribution is -1.90. The second-order valence-corrected chi connectivity index (χ2v) is 3.14. The summed E-state index contributed by atoms with van der Waals surface area (Å²) in [5, 5.41) is 0. The Morgan fingerprint density at radius 3 is 2.36 bits per heavy atom. The van der Waals surface area contributed by atoms with E-state index >= 15 is 0 Å². The van der Waals surface area contributed by atoms with E-state index in [0.29, 0.717) is 0 Å². The Bertz CT molecular complexity index is 268. The van der Waals surface area contributed by atoms with Gasteiger partial charge in [0, 0.05) is 16.6 Å². The molecule has 0 heterocycles. The van der Waals surface area contributed by atoms with Gasteiger partial charge >= 0.3 is 0 Å². The molecule has 0 fully saturated rings. The Labute approximate surface area is 78.7 Å². The zero-order valence-electron chi connectivity index (χ0n) is 5.96. The van der Waals surface area contributed by atoms with E-state index in [1.54, 1.807) is 11.7 Å². The maximum atomic E-state index is 5.27. The fraction of sp³-hybridized carbons (Fsp3) is 0.143. The van der Waals surface area contributed by atoms with E-state index in [0.717, 1.165) is 10.2 Å². The molecule has 4 heteroatoms. The van der Waals surface area contributed by atoms with Gasteiger partial charge in [-0.25, -0.2) is 0 Å². The molecule has 0 aliphatic heterocycles. The van der Waals surface area contributed by atoms with Crippen LogP contribution in [0, 0.1) is 0 Å². The fourth-order valence-corrected chi connectivity index (χ4v) is 1.05. The second kappa shape index (κ2) is 3.83. The van der Waals surface area contributed by atoms with Crippen molar-refractivity contribution in [2.24, 2.45) is 4.63 Å². The van der Waals surface area contributed by atoms with Crippen molar-refractivity contribution in [2.75, 3.05) is 7.05 Å². The van der Waals surface area contributed by atoms with Crippen LogP contribution in [0.1, 0.15) is 0 Å². The molecule has 0 aliphatic rings. The molecule has 0 spiro atoms. The first-order valence-electron chi connectivity index (χ1n) is 3.05. The number of hydrogen-bond donors (Lipinski definition) is 0. The van der Waals surface area contributed by atoms with Gasteiger partial charge in [-0.2, -0.15) is 0 Å². The quantitative estimate of drug-likeness (QED) is 0.523. The van der Waals surface area contributed by atoms with E-state index in [4.69, 9.17) is 11.8 Å². The Morgan fingerprint density at radius 2 is 1.91 bits per heavy atom. The fourth-order valence-electron chi connectivity index (χ4n) is 0.700. The number of nitrogens with zero attached hydrogens (tertiary/aromatic N) is 2. The summed E-state index contributed by atoms with van der Waals surface area (Å²) in [4.78, 5) is 0. The van der Waals surface area contributed by atoms with E-state index in [1.165, 1.54) is 0 Å². The molecule has 0 saturated carbocycles. The van der Waals surface area contributed by atoms with E-state index < -0.39 is 0 Å². The molecule has 58 valence electrons. The van der Waals surface area contributed by atoms with E-state index in [-0.39, 0.29) is 0 Å². The minimum atomic E-state index is 0.961. The van der Waals surface area contributed by atoms with E-state index in [2.05, 4.69) is 20.6 Å². The lowest BCUT2D eigenvalue weighted by molar-refractivity contribution is -0.471. The first-order chi connectivity index (χ1) is 5.24. The van der Waals surface area contributed by atoms with Gasteiger partial charge in [-0.15, -0.1) is 0 Å². The maximum absolute atomic E-state index is 5.27. The molecular weight excluding hydrogens is 227 g/mol. The molecule has 1 aromatic carbocycles. The zero-order chi connectivity index (χ0) is 8.27. The van der Waals surface area contributed by atoms with Crippen molar-refractivity contribution in [1.29, 1.82) is 0 Å². The van der Waals surface area contributed by atoms with Crippen molar-refractivity contribution in [3.8, 4) is 0 Å². The average molecular weight is 235 g/mol. The van der Waals surface area contributed by atoms with Crippen LogP contribution >= 0.6 is 27.7 Å². The molecule has 0 atom stereocenters. The molecule has 0 amide bonds. The van der Waals surface area contributed by atoms with Crippen LogP contribution in [0.3, 0.4) is 0 Å². The molecule has 0 bridgehead atoms. The number of benzene rings is 1. The van der Waals surface area contributed by atoms with Gasteiger partial charge in [0.25, 0.3) is 0 Å². The van der Waals surface area contributed by atoms with Crippen LogP contribution in [0.15, 0.2) is 33.4 Å². The largest absolute Gasteiger partial charge is 0.232 e. The average Bonchev–Trinajstić information content (AvgIpc) is 2.05. The van der Waals surface area contributed by atoms with Gasteiger partial charge in [0.05, 0.1) is 4.63 Å². The molecule has 2 nitrogen and oxygen atoms in total. The summed E-state index contributed by atoms with van der Waals surface area (Å²) in [5.74, 6) is 0. The number of halogens is 2. The molecule has 0 aliphatic carbocycles. The molecular formula is C7H7BrClN2+. The predicted molar refractivity (Wildman–Crippen MR) is 48.3 cm³/mol. The molecule has 1 aromatic rings.